The van der Waals surface area contributed by atoms with Crippen LogP contribution in [0.3, 0.4) is 0 Å². The van der Waals surface area contributed by atoms with Gasteiger partial charge >= 0.3 is 0 Å². The first-order chi connectivity index (χ1) is 6.77. The molecular formula is C12H18N2. The number of hydrogen-bond donors (Lipinski definition) is 0. The molecule has 1 rings (SSSR count). The van der Waals surface area contributed by atoms with E-state index in [-0.39, 0.29) is 0 Å². The van der Waals surface area contributed by atoms with Gasteiger partial charge in [-0.25, -0.2) is 4.98 Å². The van der Waals surface area contributed by atoms with Crippen LogP contribution >= 0.6 is 0 Å². The van der Waals surface area contributed by atoms with Crippen LogP contribution in [0.15, 0.2) is 36.2 Å². The molecule has 1 heterocycles. The second-order valence-corrected chi connectivity index (χ2v) is 3.29. The predicted octanol–water partition coefficient (Wildman–Crippen LogP) is 3.22. The molecule has 0 aromatic carbocycles. The molecule has 0 radical (unpaired) electrons. The molecule has 1 aromatic rings. The number of rotatable bonds is 4. The van der Waals surface area contributed by atoms with Gasteiger partial charge in [0.1, 0.15) is 5.82 Å². The van der Waals surface area contributed by atoms with Gasteiger partial charge in [-0.15, -0.1) is 0 Å². The molecule has 0 aliphatic carbocycles. The van der Waals surface area contributed by atoms with Gasteiger partial charge in [-0.1, -0.05) is 25.5 Å². The van der Waals surface area contributed by atoms with Crippen LogP contribution in [0.5, 0.6) is 0 Å². The molecule has 0 amide bonds. The van der Waals surface area contributed by atoms with Crippen LogP contribution in [-0.4, -0.2) is 12.0 Å². The number of anilines is 1. The van der Waals surface area contributed by atoms with Crippen molar-refractivity contribution in [3.63, 3.8) is 0 Å². The van der Waals surface area contributed by atoms with Crippen molar-refractivity contribution in [2.75, 3.05) is 11.9 Å². The quantitative estimate of drug-likeness (QED) is 0.724. The third-order valence-electron chi connectivity index (χ3n) is 2.30. The highest BCUT2D eigenvalue weighted by molar-refractivity contribution is 5.40. The Morgan fingerprint density at radius 1 is 1.36 bits per heavy atom. The van der Waals surface area contributed by atoms with Gasteiger partial charge in [0.05, 0.1) is 0 Å². The summed E-state index contributed by atoms with van der Waals surface area (Å²) in [6.45, 7) is 4.36. The summed E-state index contributed by atoms with van der Waals surface area (Å²) >= 11 is 0. The summed E-state index contributed by atoms with van der Waals surface area (Å²) in [6, 6.07) is 5.95. The number of hydrogen-bond acceptors (Lipinski definition) is 2. The molecule has 0 atom stereocenters. The fraction of sp³-hybridized carbons (Fsp3) is 0.417. The summed E-state index contributed by atoms with van der Waals surface area (Å²) in [5, 5.41) is 0. The normalized spacial score (nSPS) is 9.64. The van der Waals surface area contributed by atoms with Crippen molar-refractivity contribution in [2.24, 2.45) is 0 Å². The number of pyridine rings is 1. The largest absolute Gasteiger partial charge is 0.336 e. The third-order valence-corrected chi connectivity index (χ3v) is 2.30. The standard InChI is InChI=1S/C12H18N2/c1-4-11(5-2)10-14(3)12-8-6-7-9-13-12/h6-10H,4-5H2,1-3H3. The Bertz CT molecular complexity index is 284. The maximum absolute atomic E-state index is 4.28. The topological polar surface area (TPSA) is 16.1 Å². The highest BCUT2D eigenvalue weighted by Gasteiger charge is 1.98. The van der Waals surface area contributed by atoms with E-state index in [1.165, 1.54) is 5.57 Å². The third kappa shape index (κ3) is 2.87. The lowest BCUT2D eigenvalue weighted by molar-refractivity contribution is 0.950. The smallest absolute Gasteiger partial charge is 0.132 e. The first-order valence-corrected chi connectivity index (χ1v) is 5.11. The van der Waals surface area contributed by atoms with Crippen molar-refractivity contribution in [1.29, 1.82) is 0 Å². The van der Waals surface area contributed by atoms with E-state index in [2.05, 4.69) is 29.9 Å². The second kappa shape index (κ2) is 5.43. The van der Waals surface area contributed by atoms with E-state index >= 15 is 0 Å². The van der Waals surface area contributed by atoms with E-state index in [0.717, 1.165) is 18.7 Å². The molecule has 0 bridgehead atoms. The first-order valence-electron chi connectivity index (χ1n) is 5.11. The van der Waals surface area contributed by atoms with Crippen LogP contribution in [0.25, 0.3) is 0 Å². The van der Waals surface area contributed by atoms with E-state index in [4.69, 9.17) is 0 Å². The molecular weight excluding hydrogens is 172 g/mol. The van der Waals surface area contributed by atoms with Crippen molar-refractivity contribution in [2.45, 2.75) is 26.7 Å². The van der Waals surface area contributed by atoms with E-state index in [1.54, 1.807) is 0 Å². The molecule has 0 unspecified atom stereocenters. The summed E-state index contributed by atoms with van der Waals surface area (Å²) in [6.07, 6.45) is 6.20. The molecule has 76 valence electrons. The molecule has 2 nitrogen and oxygen atoms in total. The lowest BCUT2D eigenvalue weighted by atomic mass is 10.2. The first kappa shape index (κ1) is 10.8. The Morgan fingerprint density at radius 2 is 2.07 bits per heavy atom. The predicted molar refractivity (Wildman–Crippen MR) is 61.3 cm³/mol. The van der Waals surface area contributed by atoms with Crippen molar-refractivity contribution >= 4 is 5.82 Å². The molecule has 2 heteroatoms. The van der Waals surface area contributed by atoms with Gasteiger partial charge < -0.3 is 4.90 Å². The van der Waals surface area contributed by atoms with Crippen LogP contribution in [0.1, 0.15) is 26.7 Å². The highest BCUT2D eigenvalue weighted by atomic mass is 15.1. The fourth-order valence-corrected chi connectivity index (χ4v) is 1.33. The second-order valence-electron chi connectivity index (χ2n) is 3.29. The van der Waals surface area contributed by atoms with Crippen molar-refractivity contribution in [3.8, 4) is 0 Å². The van der Waals surface area contributed by atoms with Crippen LogP contribution in [0.2, 0.25) is 0 Å². The maximum Gasteiger partial charge on any atom is 0.132 e. The molecule has 0 fully saturated rings. The Morgan fingerprint density at radius 3 is 2.57 bits per heavy atom. The molecule has 0 N–H and O–H groups in total. The van der Waals surface area contributed by atoms with Gasteiger partial charge in [0, 0.05) is 19.4 Å². The van der Waals surface area contributed by atoms with Crippen LogP contribution < -0.4 is 4.90 Å². The van der Waals surface area contributed by atoms with Crippen molar-refractivity contribution in [3.05, 3.63) is 36.2 Å². The summed E-state index contributed by atoms with van der Waals surface area (Å²) < 4.78 is 0. The minimum Gasteiger partial charge on any atom is -0.336 e. The average Bonchev–Trinajstić information content (AvgIpc) is 2.26. The van der Waals surface area contributed by atoms with Gasteiger partial charge in [0.15, 0.2) is 0 Å². The summed E-state index contributed by atoms with van der Waals surface area (Å²) in [5.74, 6) is 0.993. The lowest BCUT2D eigenvalue weighted by Crippen LogP contribution is -2.10. The van der Waals surface area contributed by atoms with Crippen LogP contribution in [0.4, 0.5) is 5.82 Å². The maximum atomic E-state index is 4.28. The van der Waals surface area contributed by atoms with Crippen molar-refractivity contribution in [1.82, 2.24) is 4.98 Å². The average molecular weight is 190 g/mol. The zero-order valence-corrected chi connectivity index (χ0v) is 9.20. The Balaban J connectivity index is 2.76. The van der Waals surface area contributed by atoms with Gasteiger partial charge in [-0.3, -0.25) is 0 Å². The number of allylic oxidation sites excluding steroid dienone is 1. The van der Waals surface area contributed by atoms with Crippen LogP contribution in [0, 0.1) is 0 Å². The lowest BCUT2D eigenvalue weighted by Gasteiger charge is -2.14. The number of nitrogens with zero attached hydrogens (tertiary/aromatic N) is 2. The fourth-order valence-electron chi connectivity index (χ4n) is 1.33. The molecule has 14 heavy (non-hydrogen) atoms. The molecule has 0 spiro atoms. The molecule has 0 aliphatic rings. The molecule has 1 aromatic heterocycles. The minimum absolute atomic E-state index is 0.993. The summed E-state index contributed by atoms with van der Waals surface area (Å²) in [7, 11) is 2.04. The van der Waals surface area contributed by atoms with E-state index in [0.29, 0.717) is 0 Å². The van der Waals surface area contributed by atoms with E-state index in [1.807, 2.05) is 31.4 Å². The molecule has 0 aliphatic heterocycles. The molecule has 0 saturated heterocycles. The Kier molecular flexibility index (Phi) is 4.17. The number of aromatic nitrogens is 1. The monoisotopic (exact) mass is 190 g/mol. The Hall–Kier alpha value is -1.31. The van der Waals surface area contributed by atoms with Gasteiger partial charge in [0.2, 0.25) is 0 Å². The van der Waals surface area contributed by atoms with Crippen LogP contribution in [-0.2, 0) is 0 Å². The SMILES string of the molecule is CCC(=CN(C)c1ccccn1)CC. The summed E-state index contributed by atoms with van der Waals surface area (Å²) in [4.78, 5) is 6.35. The van der Waals surface area contributed by atoms with Crippen molar-refractivity contribution < 1.29 is 0 Å². The zero-order valence-electron chi connectivity index (χ0n) is 9.20. The zero-order chi connectivity index (χ0) is 10.4. The van der Waals surface area contributed by atoms with Gasteiger partial charge in [-0.2, -0.15) is 0 Å². The highest BCUT2D eigenvalue weighted by Crippen LogP contribution is 2.12. The van der Waals surface area contributed by atoms with E-state index < -0.39 is 0 Å². The molecule has 0 saturated carbocycles. The Labute approximate surface area is 86.3 Å². The summed E-state index contributed by atoms with van der Waals surface area (Å²) in [5.41, 5.74) is 1.44. The van der Waals surface area contributed by atoms with E-state index in [9.17, 15) is 0 Å². The van der Waals surface area contributed by atoms with Gasteiger partial charge in [-0.05, 0) is 25.0 Å². The van der Waals surface area contributed by atoms with Gasteiger partial charge in [0.25, 0.3) is 0 Å². The minimum atomic E-state index is 0.993.